The maximum absolute atomic E-state index is 5.52. The molecule has 0 saturated carbocycles. The molecule has 6 nitrogen and oxygen atoms in total. The average molecular weight is 226 g/mol. The average Bonchev–Trinajstić information content (AvgIpc) is 2.78. The molecule has 1 fully saturated rings. The first-order valence-electron chi connectivity index (χ1n) is 5.67. The molecule has 1 aliphatic heterocycles. The standard InChI is InChI=1S/C10H18N4O2/c1-2-14-10(12-8-13-14)6-11-5-9-7-15-3-4-16-9/h8-9,11H,2-7H2,1H3. The second-order valence-corrected chi connectivity index (χ2v) is 3.69. The molecule has 1 atom stereocenters. The molecule has 90 valence electrons. The van der Waals surface area contributed by atoms with Crippen molar-refractivity contribution < 1.29 is 9.47 Å². The lowest BCUT2D eigenvalue weighted by Gasteiger charge is -2.23. The van der Waals surface area contributed by atoms with Gasteiger partial charge in [-0.05, 0) is 6.92 Å². The highest BCUT2D eigenvalue weighted by atomic mass is 16.6. The SMILES string of the molecule is CCn1ncnc1CNCC1COCCO1. The summed E-state index contributed by atoms with van der Waals surface area (Å²) in [6.07, 6.45) is 1.74. The smallest absolute Gasteiger partial charge is 0.140 e. The van der Waals surface area contributed by atoms with Crippen molar-refractivity contribution in [2.45, 2.75) is 26.1 Å². The van der Waals surface area contributed by atoms with E-state index in [0.29, 0.717) is 26.4 Å². The Hall–Kier alpha value is -0.980. The largest absolute Gasteiger partial charge is 0.376 e. The number of nitrogens with one attached hydrogen (secondary N) is 1. The molecule has 1 aromatic heterocycles. The summed E-state index contributed by atoms with van der Waals surface area (Å²) in [5.74, 6) is 0.958. The third-order valence-corrected chi connectivity index (χ3v) is 2.54. The molecule has 6 heteroatoms. The van der Waals surface area contributed by atoms with Crippen LogP contribution in [0.25, 0.3) is 0 Å². The summed E-state index contributed by atoms with van der Waals surface area (Å²) in [6, 6.07) is 0. The fraction of sp³-hybridized carbons (Fsp3) is 0.800. The molecule has 0 aromatic carbocycles. The van der Waals surface area contributed by atoms with Crippen molar-refractivity contribution in [3.8, 4) is 0 Å². The minimum Gasteiger partial charge on any atom is -0.376 e. The number of ether oxygens (including phenoxy) is 2. The van der Waals surface area contributed by atoms with Crippen molar-refractivity contribution in [1.29, 1.82) is 0 Å². The monoisotopic (exact) mass is 226 g/mol. The van der Waals surface area contributed by atoms with Gasteiger partial charge in [0.05, 0.1) is 32.5 Å². The van der Waals surface area contributed by atoms with E-state index in [1.165, 1.54) is 0 Å². The van der Waals surface area contributed by atoms with Gasteiger partial charge in [-0.3, -0.25) is 0 Å². The zero-order valence-electron chi connectivity index (χ0n) is 9.56. The van der Waals surface area contributed by atoms with E-state index in [-0.39, 0.29) is 6.10 Å². The molecule has 1 saturated heterocycles. The molecule has 0 radical (unpaired) electrons. The quantitative estimate of drug-likeness (QED) is 0.753. The molecule has 1 N–H and O–H groups in total. The second-order valence-electron chi connectivity index (χ2n) is 3.69. The molecule has 0 spiro atoms. The lowest BCUT2D eigenvalue weighted by Crippen LogP contribution is -2.37. The zero-order valence-corrected chi connectivity index (χ0v) is 9.56. The lowest BCUT2D eigenvalue weighted by atomic mass is 10.3. The summed E-state index contributed by atoms with van der Waals surface area (Å²) >= 11 is 0. The Morgan fingerprint density at radius 3 is 3.25 bits per heavy atom. The van der Waals surface area contributed by atoms with Crippen LogP contribution < -0.4 is 5.32 Å². The normalized spacial score (nSPS) is 21.2. The Labute approximate surface area is 94.9 Å². The van der Waals surface area contributed by atoms with Gasteiger partial charge in [-0.2, -0.15) is 5.10 Å². The van der Waals surface area contributed by atoms with Crippen molar-refractivity contribution >= 4 is 0 Å². The van der Waals surface area contributed by atoms with Gasteiger partial charge in [0.25, 0.3) is 0 Å². The molecule has 0 aliphatic carbocycles. The summed E-state index contributed by atoms with van der Waals surface area (Å²) in [7, 11) is 0. The predicted molar refractivity (Wildman–Crippen MR) is 58.0 cm³/mol. The highest BCUT2D eigenvalue weighted by Crippen LogP contribution is 1.99. The van der Waals surface area contributed by atoms with E-state index in [4.69, 9.17) is 9.47 Å². The van der Waals surface area contributed by atoms with Crippen LogP contribution >= 0.6 is 0 Å². The van der Waals surface area contributed by atoms with Gasteiger partial charge in [-0.1, -0.05) is 0 Å². The number of hydrogen-bond donors (Lipinski definition) is 1. The van der Waals surface area contributed by atoms with Crippen LogP contribution in [0, 0.1) is 0 Å². The summed E-state index contributed by atoms with van der Waals surface area (Å²) in [5.41, 5.74) is 0. The van der Waals surface area contributed by atoms with E-state index in [0.717, 1.165) is 18.9 Å². The Balaban J connectivity index is 1.71. The Morgan fingerprint density at radius 1 is 1.56 bits per heavy atom. The number of aryl methyl sites for hydroxylation is 1. The number of nitrogens with zero attached hydrogens (tertiary/aromatic N) is 3. The second kappa shape index (κ2) is 5.93. The molecule has 2 rings (SSSR count). The maximum atomic E-state index is 5.52. The fourth-order valence-electron chi connectivity index (χ4n) is 1.69. The lowest BCUT2D eigenvalue weighted by molar-refractivity contribution is -0.0865. The van der Waals surface area contributed by atoms with Gasteiger partial charge in [0, 0.05) is 13.1 Å². The van der Waals surface area contributed by atoms with Gasteiger partial charge in [-0.15, -0.1) is 0 Å². The van der Waals surface area contributed by atoms with Crippen LogP contribution in [0.15, 0.2) is 6.33 Å². The summed E-state index contributed by atoms with van der Waals surface area (Å²) in [6.45, 7) is 6.48. The zero-order chi connectivity index (χ0) is 11.2. The molecule has 1 unspecified atom stereocenters. The predicted octanol–water partition coefficient (Wildman–Crippen LogP) is -0.197. The molecule has 2 heterocycles. The molecule has 0 bridgehead atoms. The van der Waals surface area contributed by atoms with Crippen molar-refractivity contribution in [1.82, 2.24) is 20.1 Å². The Kier molecular flexibility index (Phi) is 4.26. The van der Waals surface area contributed by atoms with Crippen LogP contribution in [0.5, 0.6) is 0 Å². The van der Waals surface area contributed by atoms with Crippen molar-refractivity contribution in [2.75, 3.05) is 26.4 Å². The van der Waals surface area contributed by atoms with Gasteiger partial charge < -0.3 is 14.8 Å². The van der Waals surface area contributed by atoms with Crippen LogP contribution in [0.2, 0.25) is 0 Å². The number of hydrogen-bond acceptors (Lipinski definition) is 5. The number of aromatic nitrogens is 3. The van der Waals surface area contributed by atoms with Crippen LogP contribution in [-0.4, -0.2) is 47.2 Å². The van der Waals surface area contributed by atoms with E-state index in [1.807, 2.05) is 4.68 Å². The van der Waals surface area contributed by atoms with Gasteiger partial charge in [-0.25, -0.2) is 9.67 Å². The van der Waals surface area contributed by atoms with Crippen molar-refractivity contribution in [2.24, 2.45) is 0 Å². The summed E-state index contributed by atoms with van der Waals surface area (Å²) < 4.78 is 12.7. The highest BCUT2D eigenvalue weighted by molar-refractivity contribution is 4.83. The summed E-state index contributed by atoms with van der Waals surface area (Å²) in [4.78, 5) is 4.19. The van der Waals surface area contributed by atoms with Gasteiger partial charge in [0.1, 0.15) is 12.2 Å². The minimum atomic E-state index is 0.159. The first-order chi connectivity index (χ1) is 7.90. The van der Waals surface area contributed by atoms with Crippen molar-refractivity contribution in [3.05, 3.63) is 12.2 Å². The van der Waals surface area contributed by atoms with E-state index >= 15 is 0 Å². The third-order valence-electron chi connectivity index (χ3n) is 2.54. The topological polar surface area (TPSA) is 61.2 Å². The minimum absolute atomic E-state index is 0.159. The van der Waals surface area contributed by atoms with Crippen molar-refractivity contribution in [3.63, 3.8) is 0 Å². The summed E-state index contributed by atoms with van der Waals surface area (Å²) in [5, 5.41) is 7.41. The van der Waals surface area contributed by atoms with Crippen LogP contribution in [-0.2, 0) is 22.6 Å². The Bertz CT molecular complexity index is 310. The fourth-order valence-corrected chi connectivity index (χ4v) is 1.69. The molecule has 1 aliphatic rings. The first kappa shape index (κ1) is 11.5. The molecular formula is C10H18N4O2. The van der Waals surface area contributed by atoms with E-state index in [2.05, 4.69) is 22.3 Å². The molecule has 16 heavy (non-hydrogen) atoms. The maximum Gasteiger partial charge on any atom is 0.140 e. The Morgan fingerprint density at radius 2 is 2.50 bits per heavy atom. The van der Waals surface area contributed by atoms with E-state index in [1.54, 1.807) is 6.33 Å². The van der Waals surface area contributed by atoms with Crippen LogP contribution in [0.3, 0.4) is 0 Å². The molecular weight excluding hydrogens is 208 g/mol. The van der Waals surface area contributed by atoms with Crippen LogP contribution in [0.1, 0.15) is 12.7 Å². The molecule has 0 amide bonds. The van der Waals surface area contributed by atoms with Gasteiger partial charge in [0.15, 0.2) is 0 Å². The van der Waals surface area contributed by atoms with E-state index in [9.17, 15) is 0 Å². The van der Waals surface area contributed by atoms with E-state index < -0.39 is 0 Å². The first-order valence-corrected chi connectivity index (χ1v) is 5.67. The third kappa shape index (κ3) is 3.01. The molecule has 1 aromatic rings. The number of rotatable bonds is 5. The van der Waals surface area contributed by atoms with Gasteiger partial charge in [0.2, 0.25) is 0 Å². The van der Waals surface area contributed by atoms with Gasteiger partial charge >= 0.3 is 0 Å². The highest BCUT2D eigenvalue weighted by Gasteiger charge is 2.13. The van der Waals surface area contributed by atoms with Crippen LogP contribution in [0.4, 0.5) is 0 Å².